The first-order valence-corrected chi connectivity index (χ1v) is 6.31. The highest BCUT2D eigenvalue weighted by Crippen LogP contribution is 2.13. The van der Waals surface area contributed by atoms with Crippen molar-refractivity contribution in [2.45, 2.75) is 13.0 Å². The maximum atomic E-state index is 11.4. The molecule has 0 atom stereocenters. The molecule has 1 aromatic rings. The van der Waals surface area contributed by atoms with Gasteiger partial charge >= 0.3 is 5.97 Å². The van der Waals surface area contributed by atoms with Crippen LogP contribution < -0.4 is 5.32 Å². The van der Waals surface area contributed by atoms with Crippen molar-refractivity contribution in [2.75, 3.05) is 26.7 Å². The van der Waals surface area contributed by atoms with Crippen molar-refractivity contribution in [3.05, 3.63) is 35.4 Å². The van der Waals surface area contributed by atoms with E-state index in [9.17, 15) is 9.59 Å². The zero-order chi connectivity index (χ0) is 13.7. The van der Waals surface area contributed by atoms with Crippen molar-refractivity contribution in [1.29, 1.82) is 0 Å². The van der Waals surface area contributed by atoms with E-state index in [-0.39, 0.29) is 18.3 Å². The minimum Gasteiger partial charge on any atom is -0.469 e. The highest BCUT2D eigenvalue weighted by atomic mass is 16.5. The summed E-state index contributed by atoms with van der Waals surface area (Å²) in [6.07, 6.45) is 0.271. The topological polar surface area (TPSA) is 58.6 Å². The molecule has 19 heavy (non-hydrogen) atoms. The summed E-state index contributed by atoms with van der Waals surface area (Å²) in [5.41, 5.74) is 2.03. The molecule has 5 nitrogen and oxygen atoms in total. The molecule has 0 radical (unpaired) electrons. The zero-order valence-electron chi connectivity index (χ0n) is 11.0. The second-order valence-corrected chi connectivity index (χ2v) is 4.58. The summed E-state index contributed by atoms with van der Waals surface area (Å²) < 4.78 is 4.70. The van der Waals surface area contributed by atoms with E-state index < -0.39 is 0 Å². The average molecular weight is 262 g/mol. The van der Waals surface area contributed by atoms with Gasteiger partial charge in [0, 0.05) is 19.6 Å². The van der Waals surface area contributed by atoms with Crippen molar-refractivity contribution >= 4 is 11.9 Å². The molecule has 1 aromatic carbocycles. The third-order valence-corrected chi connectivity index (χ3v) is 3.19. The number of benzene rings is 1. The van der Waals surface area contributed by atoms with Gasteiger partial charge < -0.3 is 10.1 Å². The maximum Gasteiger partial charge on any atom is 0.309 e. The molecule has 0 aromatic heterocycles. The Bertz CT molecular complexity index is 474. The van der Waals surface area contributed by atoms with Crippen LogP contribution in [0.15, 0.2) is 24.3 Å². The van der Waals surface area contributed by atoms with Crippen molar-refractivity contribution in [2.24, 2.45) is 0 Å². The minimum absolute atomic E-state index is 0.0525. The van der Waals surface area contributed by atoms with Crippen molar-refractivity contribution in [3.8, 4) is 0 Å². The molecule has 1 aliphatic heterocycles. The van der Waals surface area contributed by atoms with E-state index in [2.05, 4.69) is 10.2 Å². The van der Waals surface area contributed by atoms with Gasteiger partial charge in [-0.15, -0.1) is 0 Å². The number of hydrogen-bond acceptors (Lipinski definition) is 4. The number of nitrogens with one attached hydrogen (secondary N) is 1. The van der Waals surface area contributed by atoms with Crippen molar-refractivity contribution < 1.29 is 14.3 Å². The molecule has 2 rings (SSSR count). The molecule has 0 aliphatic carbocycles. The van der Waals surface area contributed by atoms with Gasteiger partial charge in [-0.3, -0.25) is 14.5 Å². The predicted octanol–water partition coefficient (Wildman–Crippen LogP) is 0.334. The molecule has 0 unspecified atom stereocenters. The van der Waals surface area contributed by atoms with E-state index in [1.54, 1.807) is 0 Å². The van der Waals surface area contributed by atoms with Crippen LogP contribution in [-0.2, 0) is 27.3 Å². The quantitative estimate of drug-likeness (QED) is 0.795. The maximum absolute atomic E-state index is 11.4. The van der Waals surface area contributed by atoms with Crippen LogP contribution in [0, 0.1) is 0 Å². The molecule has 1 saturated heterocycles. The number of piperazine rings is 1. The van der Waals surface area contributed by atoms with E-state index in [1.807, 2.05) is 24.3 Å². The first-order chi connectivity index (χ1) is 9.19. The number of carbonyl (C=O) groups excluding carboxylic acids is 2. The van der Waals surface area contributed by atoms with Crippen LogP contribution in [0.3, 0.4) is 0 Å². The number of methoxy groups -OCH3 is 1. The molecule has 1 fully saturated rings. The summed E-state index contributed by atoms with van der Waals surface area (Å²) in [5.74, 6) is -0.194. The van der Waals surface area contributed by atoms with Gasteiger partial charge in [-0.2, -0.15) is 0 Å². The van der Waals surface area contributed by atoms with Gasteiger partial charge in [0.2, 0.25) is 5.91 Å². The third kappa shape index (κ3) is 3.79. The normalized spacial score (nSPS) is 15.9. The summed E-state index contributed by atoms with van der Waals surface area (Å²) >= 11 is 0. The van der Waals surface area contributed by atoms with E-state index in [4.69, 9.17) is 4.74 Å². The Morgan fingerprint density at radius 2 is 2.11 bits per heavy atom. The largest absolute Gasteiger partial charge is 0.469 e. The van der Waals surface area contributed by atoms with E-state index in [0.29, 0.717) is 19.6 Å². The summed E-state index contributed by atoms with van der Waals surface area (Å²) in [6, 6.07) is 7.77. The molecular formula is C14H18N2O3. The van der Waals surface area contributed by atoms with Crippen molar-refractivity contribution in [1.82, 2.24) is 10.2 Å². The van der Waals surface area contributed by atoms with Gasteiger partial charge in [-0.05, 0) is 11.1 Å². The highest BCUT2D eigenvalue weighted by Gasteiger charge is 2.17. The van der Waals surface area contributed by atoms with E-state index >= 15 is 0 Å². The lowest BCUT2D eigenvalue weighted by atomic mass is 10.0. The predicted molar refractivity (Wildman–Crippen MR) is 70.4 cm³/mol. The van der Waals surface area contributed by atoms with Crippen LogP contribution in [0.1, 0.15) is 11.1 Å². The first-order valence-electron chi connectivity index (χ1n) is 6.31. The van der Waals surface area contributed by atoms with Gasteiger partial charge in [0.05, 0.1) is 20.1 Å². The van der Waals surface area contributed by atoms with Crippen LogP contribution >= 0.6 is 0 Å². The molecule has 1 aliphatic rings. The van der Waals surface area contributed by atoms with Gasteiger partial charge in [0.25, 0.3) is 0 Å². The molecule has 102 valence electrons. The first kappa shape index (κ1) is 13.5. The van der Waals surface area contributed by atoms with E-state index in [0.717, 1.165) is 17.7 Å². The fraction of sp³-hybridized carbons (Fsp3) is 0.429. The van der Waals surface area contributed by atoms with Crippen LogP contribution in [0.25, 0.3) is 0 Å². The zero-order valence-corrected chi connectivity index (χ0v) is 11.0. The fourth-order valence-electron chi connectivity index (χ4n) is 2.18. The molecule has 0 spiro atoms. The van der Waals surface area contributed by atoms with Gasteiger partial charge in [0.1, 0.15) is 0 Å². The summed E-state index contributed by atoms with van der Waals surface area (Å²) in [5, 5.41) is 2.80. The molecular weight excluding hydrogens is 244 g/mol. The molecule has 0 saturated carbocycles. The number of nitrogens with zero attached hydrogens (tertiary/aromatic N) is 1. The smallest absolute Gasteiger partial charge is 0.309 e. The lowest BCUT2D eigenvalue weighted by Gasteiger charge is -2.27. The Hall–Kier alpha value is -1.88. The number of rotatable bonds is 4. The third-order valence-electron chi connectivity index (χ3n) is 3.19. The highest BCUT2D eigenvalue weighted by molar-refractivity contribution is 5.78. The summed E-state index contributed by atoms with van der Waals surface area (Å²) in [4.78, 5) is 24.8. The Morgan fingerprint density at radius 1 is 1.37 bits per heavy atom. The van der Waals surface area contributed by atoms with E-state index in [1.165, 1.54) is 7.11 Å². The number of amides is 1. The van der Waals surface area contributed by atoms with Crippen LogP contribution in [0.2, 0.25) is 0 Å². The Morgan fingerprint density at radius 3 is 2.79 bits per heavy atom. The molecule has 1 N–H and O–H groups in total. The second kappa shape index (κ2) is 6.33. The summed E-state index contributed by atoms with van der Waals surface area (Å²) in [6.45, 7) is 2.60. The lowest BCUT2D eigenvalue weighted by Crippen LogP contribution is -2.47. The van der Waals surface area contributed by atoms with Crippen LogP contribution in [-0.4, -0.2) is 43.5 Å². The lowest BCUT2D eigenvalue weighted by molar-refractivity contribution is -0.139. The number of hydrogen-bond donors (Lipinski definition) is 1. The monoisotopic (exact) mass is 262 g/mol. The van der Waals surface area contributed by atoms with Crippen molar-refractivity contribution in [3.63, 3.8) is 0 Å². The molecule has 5 heteroatoms. The average Bonchev–Trinajstić information content (AvgIpc) is 2.41. The van der Waals surface area contributed by atoms with Crippen LogP contribution in [0.5, 0.6) is 0 Å². The molecule has 1 heterocycles. The van der Waals surface area contributed by atoms with Gasteiger partial charge in [0.15, 0.2) is 0 Å². The number of esters is 1. The second-order valence-electron chi connectivity index (χ2n) is 4.58. The number of ether oxygens (including phenoxy) is 1. The van der Waals surface area contributed by atoms with Gasteiger partial charge in [-0.1, -0.05) is 24.3 Å². The minimum atomic E-state index is -0.246. The molecule has 0 bridgehead atoms. The summed E-state index contributed by atoms with van der Waals surface area (Å²) in [7, 11) is 1.39. The Balaban J connectivity index is 2.06. The Kier molecular flexibility index (Phi) is 4.52. The standard InChI is InChI=1S/C14H18N2O3/c1-19-14(18)8-11-4-2-3-5-12(11)9-16-7-6-15-13(17)10-16/h2-5H,6-10H2,1H3,(H,15,17). The number of carbonyl (C=O) groups is 2. The fourth-order valence-corrected chi connectivity index (χ4v) is 2.18. The van der Waals surface area contributed by atoms with Crippen LogP contribution in [0.4, 0.5) is 0 Å². The SMILES string of the molecule is COC(=O)Cc1ccccc1CN1CCNC(=O)C1. The molecule has 1 amide bonds. The Labute approximate surface area is 112 Å². The van der Waals surface area contributed by atoms with Gasteiger partial charge in [-0.25, -0.2) is 0 Å².